The summed E-state index contributed by atoms with van der Waals surface area (Å²) < 4.78 is 0. The Hall–Kier alpha value is -2.37. The summed E-state index contributed by atoms with van der Waals surface area (Å²) >= 11 is 0. The van der Waals surface area contributed by atoms with Crippen LogP contribution in [0.2, 0.25) is 0 Å². The van der Waals surface area contributed by atoms with Crippen molar-refractivity contribution >= 4 is 23.4 Å². The summed E-state index contributed by atoms with van der Waals surface area (Å²) in [5.41, 5.74) is 1.27. The summed E-state index contributed by atoms with van der Waals surface area (Å²) in [5, 5.41) is 2.69. The summed E-state index contributed by atoms with van der Waals surface area (Å²) in [6, 6.07) is 6.90. The molecule has 0 radical (unpaired) electrons. The fraction of sp³-hybridized carbons (Fsp3) is 0.526. The molecule has 0 atom stereocenters. The summed E-state index contributed by atoms with van der Waals surface area (Å²) in [6.07, 6.45) is 1.35. The number of hydrogen-bond donors (Lipinski definition) is 1. The molecule has 3 amide bonds. The van der Waals surface area contributed by atoms with Gasteiger partial charge >= 0.3 is 0 Å². The van der Waals surface area contributed by atoms with Crippen molar-refractivity contribution in [3.8, 4) is 0 Å². The van der Waals surface area contributed by atoms with E-state index in [2.05, 4.69) is 5.32 Å². The number of rotatable bonds is 4. The second-order valence-corrected chi connectivity index (χ2v) is 6.88. The zero-order valence-electron chi connectivity index (χ0n) is 15.2. The molecule has 1 aliphatic rings. The van der Waals surface area contributed by atoms with Crippen molar-refractivity contribution in [3.63, 3.8) is 0 Å². The van der Waals surface area contributed by atoms with Crippen molar-refractivity contribution in [1.29, 1.82) is 0 Å². The number of nitrogens with zero attached hydrogens (tertiary/aromatic N) is 2. The zero-order valence-corrected chi connectivity index (χ0v) is 15.2. The van der Waals surface area contributed by atoms with E-state index in [0.717, 1.165) is 6.42 Å². The second-order valence-electron chi connectivity index (χ2n) is 6.88. The standard InChI is InChI=1S/C19H27N3O3/c1-14(2)13-18(24)21-9-4-10-22(12-11-21)19(25)16-5-7-17(8-6-16)20-15(3)23/h5-8,14H,4,9-13H2,1-3H3,(H,20,23). The Balaban J connectivity index is 1.96. The van der Waals surface area contributed by atoms with Gasteiger partial charge in [0.1, 0.15) is 0 Å². The second kappa shape index (κ2) is 8.65. The van der Waals surface area contributed by atoms with Crippen LogP contribution in [-0.4, -0.2) is 53.7 Å². The van der Waals surface area contributed by atoms with Gasteiger partial charge in [-0.15, -0.1) is 0 Å². The molecule has 6 heteroatoms. The summed E-state index contributed by atoms with van der Waals surface area (Å²) in [6.45, 7) is 8.01. The van der Waals surface area contributed by atoms with Gasteiger partial charge in [-0.2, -0.15) is 0 Å². The lowest BCUT2D eigenvalue weighted by molar-refractivity contribution is -0.131. The van der Waals surface area contributed by atoms with Crippen LogP contribution in [0.3, 0.4) is 0 Å². The highest BCUT2D eigenvalue weighted by Gasteiger charge is 2.23. The minimum atomic E-state index is -0.141. The van der Waals surface area contributed by atoms with Gasteiger partial charge in [0.15, 0.2) is 0 Å². The number of amides is 3. The van der Waals surface area contributed by atoms with E-state index in [4.69, 9.17) is 0 Å². The van der Waals surface area contributed by atoms with Crippen LogP contribution in [0.5, 0.6) is 0 Å². The minimum Gasteiger partial charge on any atom is -0.341 e. The predicted molar refractivity (Wildman–Crippen MR) is 97.3 cm³/mol. The Morgan fingerprint density at radius 2 is 1.60 bits per heavy atom. The Kier molecular flexibility index (Phi) is 6.56. The molecule has 136 valence electrons. The third kappa shape index (κ3) is 5.59. The van der Waals surface area contributed by atoms with Gasteiger partial charge in [-0.05, 0) is 36.6 Å². The maximum atomic E-state index is 12.7. The van der Waals surface area contributed by atoms with Crippen LogP contribution in [0, 0.1) is 5.92 Å². The fourth-order valence-corrected chi connectivity index (χ4v) is 2.93. The largest absolute Gasteiger partial charge is 0.341 e. The third-order valence-corrected chi connectivity index (χ3v) is 4.17. The van der Waals surface area contributed by atoms with Crippen molar-refractivity contribution in [2.24, 2.45) is 5.92 Å². The number of carbonyl (C=O) groups is 3. The molecule has 25 heavy (non-hydrogen) atoms. The van der Waals surface area contributed by atoms with E-state index >= 15 is 0 Å². The monoisotopic (exact) mass is 345 g/mol. The number of benzene rings is 1. The zero-order chi connectivity index (χ0) is 18.4. The van der Waals surface area contributed by atoms with E-state index in [-0.39, 0.29) is 17.7 Å². The summed E-state index contributed by atoms with van der Waals surface area (Å²) in [7, 11) is 0. The average Bonchev–Trinajstić information content (AvgIpc) is 2.80. The van der Waals surface area contributed by atoms with Crippen molar-refractivity contribution in [1.82, 2.24) is 9.80 Å². The molecule has 0 aliphatic carbocycles. The molecular formula is C19H27N3O3. The molecule has 1 aromatic rings. The van der Waals surface area contributed by atoms with Crippen molar-refractivity contribution < 1.29 is 14.4 Å². The first-order chi connectivity index (χ1) is 11.9. The van der Waals surface area contributed by atoms with Crippen LogP contribution < -0.4 is 5.32 Å². The maximum absolute atomic E-state index is 12.7. The maximum Gasteiger partial charge on any atom is 0.253 e. The lowest BCUT2D eigenvalue weighted by atomic mass is 10.1. The van der Waals surface area contributed by atoms with Gasteiger partial charge in [0.25, 0.3) is 5.91 Å². The normalized spacial score (nSPS) is 15.0. The SMILES string of the molecule is CC(=O)Nc1ccc(C(=O)N2CCCN(C(=O)CC(C)C)CC2)cc1. The highest BCUT2D eigenvalue weighted by atomic mass is 16.2. The predicted octanol–water partition coefficient (Wildman–Crippen LogP) is 2.37. The van der Waals surface area contributed by atoms with Gasteiger partial charge in [-0.25, -0.2) is 0 Å². The van der Waals surface area contributed by atoms with Crippen LogP contribution in [-0.2, 0) is 9.59 Å². The molecule has 2 rings (SSSR count). The van der Waals surface area contributed by atoms with E-state index in [1.54, 1.807) is 29.2 Å². The van der Waals surface area contributed by atoms with Gasteiger partial charge in [0.05, 0.1) is 0 Å². The lowest BCUT2D eigenvalue weighted by Crippen LogP contribution is -2.37. The third-order valence-electron chi connectivity index (χ3n) is 4.17. The molecule has 0 spiro atoms. The van der Waals surface area contributed by atoms with Crippen molar-refractivity contribution in [3.05, 3.63) is 29.8 Å². The quantitative estimate of drug-likeness (QED) is 0.911. The van der Waals surface area contributed by atoms with Crippen LogP contribution >= 0.6 is 0 Å². The Morgan fingerprint density at radius 1 is 1.00 bits per heavy atom. The van der Waals surface area contributed by atoms with Crippen molar-refractivity contribution in [2.75, 3.05) is 31.5 Å². The molecule has 1 fully saturated rings. The van der Waals surface area contributed by atoms with E-state index in [9.17, 15) is 14.4 Å². The van der Waals surface area contributed by atoms with E-state index in [0.29, 0.717) is 49.8 Å². The Morgan fingerprint density at radius 3 is 2.20 bits per heavy atom. The average molecular weight is 345 g/mol. The first-order valence-corrected chi connectivity index (χ1v) is 8.81. The van der Waals surface area contributed by atoms with Gasteiger partial charge < -0.3 is 15.1 Å². The van der Waals surface area contributed by atoms with Crippen LogP contribution in [0.25, 0.3) is 0 Å². The molecule has 1 aromatic carbocycles. The van der Waals surface area contributed by atoms with Gasteiger partial charge in [-0.1, -0.05) is 13.8 Å². The first-order valence-electron chi connectivity index (χ1n) is 8.81. The first kappa shape index (κ1) is 19.0. The Bertz CT molecular complexity index is 625. The van der Waals surface area contributed by atoms with Crippen LogP contribution in [0.1, 0.15) is 44.0 Å². The van der Waals surface area contributed by atoms with Crippen LogP contribution in [0.15, 0.2) is 24.3 Å². The highest BCUT2D eigenvalue weighted by molar-refractivity contribution is 5.95. The lowest BCUT2D eigenvalue weighted by Gasteiger charge is -2.23. The van der Waals surface area contributed by atoms with Crippen molar-refractivity contribution in [2.45, 2.75) is 33.6 Å². The summed E-state index contributed by atoms with van der Waals surface area (Å²) in [5.74, 6) is 0.338. The molecule has 1 heterocycles. The van der Waals surface area contributed by atoms with Crippen LogP contribution in [0.4, 0.5) is 5.69 Å². The molecule has 0 aromatic heterocycles. The number of nitrogens with one attached hydrogen (secondary N) is 1. The molecule has 0 saturated carbocycles. The van der Waals surface area contributed by atoms with Gasteiger partial charge in [0, 0.05) is 50.8 Å². The summed E-state index contributed by atoms with van der Waals surface area (Å²) in [4.78, 5) is 39.6. The topological polar surface area (TPSA) is 69.7 Å². The van der Waals surface area contributed by atoms with Gasteiger partial charge in [-0.3, -0.25) is 14.4 Å². The molecule has 1 aliphatic heterocycles. The van der Waals surface area contributed by atoms with E-state index in [1.165, 1.54) is 6.92 Å². The molecule has 0 unspecified atom stereocenters. The number of anilines is 1. The number of hydrogen-bond acceptors (Lipinski definition) is 3. The minimum absolute atomic E-state index is 0.0347. The smallest absolute Gasteiger partial charge is 0.253 e. The highest BCUT2D eigenvalue weighted by Crippen LogP contribution is 2.14. The number of carbonyl (C=O) groups excluding carboxylic acids is 3. The van der Waals surface area contributed by atoms with Gasteiger partial charge in [0.2, 0.25) is 11.8 Å². The molecular weight excluding hydrogens is 318 g/mol. The molecule has 6 nitrogen and oxygen atoms in total. The molecule has 1 saturated heterocycles. The molecule has 0 bridgehead atoms. The Labute approximate surface area is 149 Å². The fourth-order valence-electron chi connectivity index (χ4n) is 2.93. The van der Waals surface area contributed by atoms with E-state index in [1.807, 2.05) is 18.7 Å². The molecule has 1 N–H and O–H groups in total. The van der Waals surface area contributed by atoms with E-state index < -0.39 is 0 Å².